The number of carbonyl (C=O) groups excluding carboxylic acids is 1. The van der Waals surface area contributed by atoms with Crippen molar-refractivity contribution in [2.75, 3.05) is 11.9 Å². The molecule has 2 aromatic rings. The van der Waals surface area contributed by atoms with Crippen molar-refractivity contribution in [1.29, 1.82) is 0 Å². The van der Waals surface area contributed by atoms with Crippen LogP contribution in [0, 0.1) is 0 Å². The van der Waals surface area contributed by atoms with Gasteiger partial charge in [0.1, 0.15) is 0 Å². The zero-order chi connectivity index (χ0) is 17.6. The van der Waals surface area contributed by atoms with Crippen LogP contribution < -0.4 is 10.6 Å². The number of amides is 1. The zero-order valence-corrected chi connectivity index (χ0v) is 14.9. The van der Waals surface area contributed by atoms with Gasteiger partial charge in [0.25, 0.3) is 5.91 Å². The number of unbranched alkanes of at least 4 members (excludes halogenated alkanes) is 1. The van der Waals surface area contributed by atoms with Crippen LogP contribution in [0.1, 0.15) is 56.5 Å². The van der Waals surface area contributed by atoms with Gasteiger partial charge < -0.3 is 10.6 Å². The van der Waals surface area contributed by atoms with E-state index in [9.17, 15) is 4.79 Å². The summed E-state index contributed by atoms with van der Waals surface area (Å²) in [5, 5.41) is 6.00. The van der Waals surface area contributed by atoms with E-state index >= 15 is 0 Å². The SMILES string of the molecule is CCCCNC(=O)c1cnc(Nc2ccc(C(C)(C)C)cc2)nc1. The average Bonchev–Trinajstić information content (AvgIpc) is 2.55. The third-order valence-electron chi connectivity index (χ3n) is 3.74. The van der Waals surface area contributed by atoms with E-state index in [1.54, 1.807) is 12.4 Å². The molecule has 5 heteroatoms. The summed E-state index contributed by atoms with van der Waals surface area (Å²) in [6, 6.07) is 8.21. The Kier molecular flexibility index (Phi) is 5.90. The topological polar surface area (TPSA) is 66.9 Å². The first-order valence-electron chi connectivity index (χ1n) is 8.38. The Bertz CT molecular complexity index is 657. The average molecular weight is 326 g/mol. The molecule has 0 saturated carbocycles. The molecule has 0 aliphatic rings. The molecule has 128 valence electrons. The van der Waals surface area contributed by atoms with Crippen LogP contribution >= 0.6 is 0 Å². The molecule has 2 rings (SSSR count). The third kappa shape index (κ3) is 5.05. The fraction of sp³-hybridized carbons (Fsp3) is 0.421. The summed E-state index contributed by atoms with van der Waals surface area (Å²) < 4.78 is 0. The van der Waals surface area contributed by atoms with Gasteiger partial charge in [0, 0.05) is 24.6 Å². The molecule has 5 nitrogen and oxygen atoms in total. The number of nitrogens with one attached hydrogen (secondary N) is 2. The number of carbonyl (C=O) groups is 1. The lowest BCUT2D eigenvalue weighted by Gasteiger charge is -2.19. The highest BCUT2D eigenvalue weighted by molar-refractivity contribution is 5.93. The normalized spacial score (nSPS) is 11.2. The van der Waals surface area contributed by atoms with E-state index in [1.165, 1.54) is 5.56 Å². The van der Waals surface area contributed by atoms with Crippen molar-refractivity contribution in [2.24, 2.45) is 0 Å². The standard InChI is InChI=1S/C19H26N4O/c1-5-6-11-20-17(24)14-12-21-18(22-13-14)23-16-9-7-15(8-10-16)19(2,3)4/h7-10,12-13H,5-6,11H2,1-4H3,(H,20,24)(H,21,22,23). The van der Waals surface area contributed by atoms with E-state index in [0.29, 0.717) is 18.1 Å². The Morgan fingerprint density at radius 3 is 2.25 bits per heavy atom. The molecular weight excluding hydrogens is 300 g/mol. The number of benzene rings is 1. The second kappa shape index (κ2) is 7.90. The van der Waals surface area contributed by atoms with Crippen LogP contribution in [-0.2, 0) is 5.41 Å². The van der Waals surface area contributed by atoms with Gasteiger partial charge in [-0.1, -0.05) is 46.2 Å². The van der Waals surface area contributed by atoms with Crippen molar-refractivity contribution in [3.8, 4) is 0 Å². The van der Waals surface area contributed by atoms with Gasteiger partial charge in [0.15, 0.2) is 0 Å². The van der Waals surface area contributed by atoms with Crippen molar-refractivity contribution in [3.05, 3.63) is 47.8 Å². The van der Waals surface area contributed by atoms with E-state index in [-0.39, 0.29) is 11.3 Å². The summed E-state index contributed by atoms with van der Waals surface area (Å²) in [5.41, 5.74) is 2.79. The van der Waals surface area contributed by atoms with E-state index in [4.69, 9.17) is 0 Å². The van der Waals surface area contributed by atoms with Crippen LogP contribution in [0.25, 0.3) is 0 Å². The Labute approximate surface area is 143 Å². The van der Waals surface area contributed by atoms with Crippen LogP contribution in [0.2, 0.25) is 0 Å². The molecule has 0 unspecified atom stereocenters. The second-order valence-electron chi connectivity index (χ2n) is 6.86. The number of hydrogen-bond donors (Lipinski definition) is 2. The van der Waals surface area contributed by atoms with Crippen molar-refractivity contribution >= 4 is 17.5 Å². The highest BCUT2D eigenvalue weighted by Crippen LogP contribution is 2.24. The first-order chi connectivity index (χ1) is 11.4. The number of anilines is 2. The van der Waals surface area contributed by atoms with Gasteiger partial charge in [-0.2, -0.15) is 0 Å². The first kappa shape index (κ1) is 17.9. The van der Waals surface area contributed by atoms with Gasteiger partial charge in [-0.15, -0.1) is 0 Å². The minimum Gasteiger partial charge on any atom is -0.352 e. The van der Waals surface area contributed by atoms with Crippen LogP contribution in [0.5, 0.6) is 0 Å². The van der Waals surface area contributed by atoms with Gasteiger partial charge in [0.05, 0.1) is 5.56 Å². The third-order valence-corrected chi connectivity index (χ3v) is 3.74. The van der Waals surface area contributed by atoms with E-state index in [2.05, 4.69) is 60.4 Å². The maximum absolute atomic E-state index is 11.9. The quantitative estimate of drug-likeness (QED) is 0.786. The molecule has 0 atom stereocenters. The molecule has 0 aliphatic carbocycles. The Morgan fingerprint density at radius 1 is 1.08 bits per heavy atom. The smallest absolute Gasteiger partial charge is 0.254 e. The van der Waals surface area contributed by atoms with Gasteiger partial charge in [-0.3, -0.25) is 4.79 Å². The molecule has 0 spiro atoms. The highest BCUT2D eigenvalue weighted by Gasteiger charge is 2.13. The van der Waals surface area contributed by atoms with E-state index in [1.807, 2.05) is 12.1 Å². The van der Waals surface area contributed by atoms with E-state index < -0.39 is 0 Å². The lowest BCUT2D eigenvalue weighted by molar-refractivity contribution is 0.0952. The van der Waals surface area contributed by atoms with Gasteiger partial charge in [-0.05, 0) is 29.5 Å². The highest BCUT2D eigenvalue weighted by atomic mass is 16.1. The molecule has 24 heavy (non-hydrogen) atoms. The summed E-state index contributed by atoms with van der Waals surface area (Å²) in [6.07, 6.45) is 5.10. The molecule has 1 aromatic carbocycles. The largest absolute Gasteiger partial charge is 0.352 e. The summed E-state index contributed by atoms with van der Waals surface area (Å²) >= 11 is 0. The Morgan fingerprint density at radius 2 is 1.71 bits per heavy atom. The van der Waals surface area contributed by atoms with Crippen LogP contribution in [0.4, 0.5) is 11.6 Å². The van der Waals surface area contributed by atoms with Crippen LogP contribution in [0.3, 0.4) is 0 Å². The maximum Gasteiger partial charge on any atom is 0.254 e. The summed E-state index contributed by atoms with van der Waals surface area (Å²) in [5.74, 6) is 0.341. The first-order valence-corrected chi connectivity index (χ1v) is 8.38. The molecule has 1 heterocycles. The van der Waals surface area contributed by atoms with Gasteiger partial charge in [0.2, 0.25) is 5.95 Å². The van der Waals surface area contributed by atoms with Gasteiger partial charge >= 0.3 is 0 Å². The van der Waals surface area contributed by atoms with Gasteiger partial charge in [-0.25, -0.2) is 9.97 Å². The zero-order valence-electron chi connectivity index (χ0n) is 14.9. The molecular formula is C19H26N4O. The van der Waals surface area contributed by atoms with E-state index in [0.717, 1.165) is 18.5 Å². The number of rotatable bonds is 6. The molecule has 0 saturated heterocycles. The Hall–Kier alpha value is -2.43. The maximum atomic E-state index is 11.9. The monoisotopic (exact) mass is 326 g/mol. The van der Waals surface area contributed by atoms with Crippen molar-refractivity contribution in [3.63, 3.8) is 0 Å². The molecule has 1 aromatic heterocycles. The molecule has 0 aliphatic heterocycles. The summed E-state index contributed by atoms with van der Waals surface area (Å²) in [6.45, 7) is 9.31. The minimum atomic E-state index is -0.135. The van der Waals surface area contributed by atoms with Crippen LogP contribution in [-0.4, -0.2) is 22.4 Å². The number of aromatic nitrogens is 2. The molecule has 1 amide bonds. The fourth-order valence-corrected chi connectivity index (χ4v) is 2.17. The van der Waals surface area contributed by atoms with Crippen molar-refractivity contribution in [1.82, 2.24) is 15.3 Å². The molecule has 0 fully saturated rings. The number of nitrogens with zero attached hydrogens (tertiary/aromatic N) is 2. The second-order valence-corrected chi connectivity index (χ2v) is 6.86. The Balaban J connectivity index is 1.97. The fourth-order valence-electron chi connectivity index (χ4n) is 2.17. The number of hydrogen-bond acceptors (Lipinski definition) is 4. The van der Waals surface area contributed by atoms with Crippen molar-refractivity contribution in [2.45, 2.75) is 46.0 Å². The molecule has 2 N–H and O–H groups in total. The van der Waals surface area contributed by atoms with Crippen LogP contribution in [0.15, 0.2) is 36.7 Å². The predicted molar refractivity (Wildman–Crippen MR) is 97.7 cm³/mol. The molecule has 0 bridgehead atoms. The van der Waals surface area contributed by atoms with Crippen molar-refractivity contribution < 1.29 is 4.79 Å². The predicted octanol–water partition coefficient (Wildman–Crippen LogP) is 4.05. The lowest BCUT2D eigenvalue weighted by atomic mass is 9.87. The summed E-state index contributed by atoms with van der Waals surface area (Å²) in [7, 11) is 0. The summed E-state index contributed by atoms with van der Waals surface area (Å²) in [4.78, 5) is 20.3. The lowest BCUT2D eigenvalue weighted by Crippen LogP contribution is -2.24. The minimum absolute atomic E-state index is 0.127. The molecule has 0 radical (unpaired) electrons.